The van der Waals surface area contributed by atoms with E-state index in [9.17, 15) is 9.59 Å². The minimum absolute atomic E-state index is 0. The Balaban J connectivity index is 0.00000261. The van der Waals surface area contributed by atoms with Gasteiger partial charge in [-0.05, 0) is 39.6 Å². The quantitative estimate of drug-likeness (QED) is 0.596. The van der Waals surface area contributed by atoms with Crippen LogP contribution in [0.5, 0.6) is 0 Å². The van der Waals surface area contributed by atoms with Crippen molar-refractivity contribution in [2.24, 2.45) is 5.10 Å². The monoisotopic (exact) mass is 388 g/mol. The van der Waals surface area contributed by atoms with E-state index >= 15 is 0 Å². The molecule has 2 aromatic rings. The van der Waals surface area contributed by atoms with E-state index < -0.39 is 0 Å². The number of carbonyl (C=O) groups excluding carboxylic acids is 2. The average molecular weight is 389 g/mol. The van der Waals surface area contributed by atoms with Crippen molar-refractivity contribution >= 4 is 35.9 Å². The van der Waals surface area contributed by atoms with Crippen molar-refractivity contribution in [1.82, 2.24) is 25.3 Å². The maximum Gasteiger partial charge on any atom is 0.273 e. The number of ketones is 1. The average Bonchev–Trinajstić information content (AvgIpc) is 3.08. The maximum absolute atomic E-state index is 12.5. The summed E-state index contributed by atoms with van der Waals surface area (Å²) < 4.78 is 0. The molecular weight excluding hydrogens is 368 g/mol. The van der Waals surface area contributed by atoms with E-state index in [0.29, 0.717) is 34.8 Å². The molecule has 0 bridgehead atoms. The molecule has 0 radical (unpaired) electrons. The van der Waals surface area contributed by atoms with Crippen LogP contribution < -0.4 is 5.43 Å². The van der Waals surface area contributed by atoms with Gasteiger partial charge in [0.05, 0.1) is 18.3 Å². The summed E-state index contributed by atoms with van der Waals surface area (Å²) >= 11 is 0. The van der Waals surface area contributed by atoms with Gasteiger partial charge in [0.25, 0.3) is 5.91 Å². The molecule has 1 amide bonds. The zero-order chi connectivity index (χ0) is 18.8. The Morgan fingerprint density at radius 1 is 1.26 bits per heavy atom. The van der Waals surface area contributed by atoms with Crippen molar-refractivity contribution in [2.75, 3.05) is 20.6 Å². The van der Waals surface area contributed by atoms with Gasteiger partial charge in [0.15, 0.2) is 5.78 Å². The summed E-state index contributed by atoms with van der Waals surface area (Å²) in [5.41, 5.74) is 6.70. The lowest BCUT2D eigenvalue weighted by Gasteiger charge is -2.08. The van der Waals surface area contributed by atoms with Gasteiger partial charge in [-0.2, -0.15) is 5.10 Å². The summed E-state index contributed by atoms with van der Waals surface area (Å²) in [6.07, 6.45) is 6.34. The standard InChI is InChI=1S/C18H20N6O2.ClH/c1-10-13(21-11(2)16(10)15(25)9-24(3)4)7-12-17(22-23-18(12)26)14-8-19-5-6-20-14;/h5-8,21H,9H2,1-4H3,(H,23,26);1H/b12-7+;. The molecule has 142 valence electrons. The molecule has 0 unspecified atom stereocenters. The van der Waals surface area contributed by atoms with Gasteiger partial charge in [-0.3, -0.25) is 19.6 Å². The lowest BCUT2D eigenvalue weighted by molar-refractivity contribution is -0.116. The Hall–Kier alpha value is -2.84. The summed E-state index contributed by atoms with van der Waals surface area (Å²) in [5, 5.41) is 4.06. The van der Waals surface area contributed by atoms with E-state index in [4.69, 9.17) is 0 Å². The van der Waals surface area contributed by atoms with Crippen LogP contribution in [0, 0.1) is 13.8 Å². The normalized spacial score (nSPS) is 14.9. The Labute approximate surface area is 163 Å². The minimum atomic E-state index is -0.321. The van der Waals surface area contributed by atoms with Gasteiger partial charge in [0, 0.05) is 29.3 Å². The van der Waals surface area contributed by atoms with Crippen LogP contribution in [-0.2, 0) is 4.79 Å². The molecule has 2 N–H and O–H groups in total. The van der Waals surface area contributed by atoms with Crippen LogP contribution in [0.4, 0.5) is 0 Å². The molecule has 8 nitrogen and oxygen atoms in total. The first-order valence-corrected chi connectivity index (χ1v) is 8.12. The number of Topliss-reactive ketones (excluding diaryl/α,β-unsaturated/α-hetero) is 1. The molecule has 1 aliphatic rings. The van der Waals surface area contributed by atoms with E-state index in [1.807, 2.05) is 32.8 Å². The maximum atomic E-state index is 12.5. The molecule has 3 heterocycles. The second-order valence-corrected chi connectivity index (χ2v) is 6.37. The highest BCUT2D eigenvalue weighted by Crippen LogP contribution is 2.23. The minimum Gasteiger partial charge on any atom is -0.358 e. The van der Waals surface area contributed by atoms with Gasteiger partial charge in [-0.25, -0.2) is 5.43 Å². The van der Waals surface area contributed by atoms with E-state index in [1.165, 1.54) is 0 Å². The molecule has 1 aliphatic heterocycles. The largest absolute Gasteiger partial charge is 0.358 e. The zero-order valence-electron chi connectivity index (χ0n) is 15.5. The SMILES string of the molecule is Cc1[nH]c(/C=C2/C(=O)NN=C2c2cnccn2)c(C)c1C(=O)CN(C)C.Cl. The first-order chi connectivity index (χ1) is 12.4. The third kappa shape index (κ3) is 4.12. The number of hydrazone groups is 1. The molecule has 9 heteroatoms. The molecular formula is C18H21ClN6O2. The van der Waals surface area contributed by atoms with Gasteiger partial charge in [-0.1, -0.05) is 0 Å². The van der Waals surface area contributed by atoms with Gasteiger partial charge in [-0.15, -0.1) is 12.4 Å². The predicted molar refractivity (Wildman–Crippen MR) is 105 cm³/mol. The molecule has 0 saturated heterocycles. The number of aromatic nitrogens is 3. The number of amides is 1. The number of H-pyrrole nitrogens is 1. The van der Waals surface area contributed by atoms with Crippen molar-refractivity contribution in [3.05, 3.63) is 52.4 Å². The van der Waals surface area contributed by atoms with Gasteiger partial charge in [0.1, 0.15) is 11.4 Å². The number of carbonyl (C=O) groups is 2. The molecule has 0 aliphatic carbocycles. The summed E-state index contributed by atoms with van der Waals surface area (Å²) in [6.45, 7) is 4.04. The molecule has 0 fully saturated rings. The van der Waals surface area contributed by atoms with Crippen LogP contribution in [0.25, 0.3) is 6.08 Å². The van der Waals surface area contributed by atoms with Crippen molar-refractivity contribution in [3.8, 4) is 0 Å². The topological polar surface area (TPSA) is 103 Å². The molecule has 0 spiro atoms. The lowest BCUT2D eigenvalue weighted by atomic mass is 10.0. The van der Waals surface area contributed by atoms with Crippen molar-refractivity contribution in [3.63, 3.8) is 0 Å². The Morgan fingerprint density at radius 3 is 2.63 bits per heavy atom. The van der Waals surface area contributed by atoms with E-state index in [2.05, 4.69) is 25.5 Å². The van der Waals surface area contributed by atoms with Crippen LogP contribution in [0.15, 0.2) is 29.3 Å². The number of hydrogen-bond acceptors (Lipinski definition) is 6. The number of rotatable bonds is 5. The van der Waals surface area contributed by atoms with Crippen molar-refractivity contribution < 1.29 is 9.59 Å². The van der Waals surface area contributed by atoms with Crippen LogP contribution in [-0.4, -0.2) is 57.9 Å². The number of hydrogen-bond donors (Lipinski definition) is 2. The fraction of sp³-hybridized carbons (Fsp3) is 0.278. The van der Waals surface area contributed by atoms with Gasteiger partial charge < -0.3 is 9.88 Å². The van der Waals surface area contributed by atoms with Crippen LogP contribution >= 0.6 is 12.4 Å². The van der Waals surface area contributed by atoms with Crippen molar-refractivity contribution in [1.29, 1.82) is 0 Å². The van der Waals surface area contributed by atoms with Crippen molar-refractivity contribution in [2.45, 2.75) is 13.8 Å². The molecule has 2 aromatic heterocycles. The van der Waals surface area contributed by atoms with Crippen LogP contribution in [0.3, 0.4) is 0 Å². The van der Waals surface area contributed by atoms with Crippen LogP contribution in [0.1, 0.15) is 33.0 Å². The van der Waals surface area contributed by atoms with E-state index in [1.54, 1.807) is 24.7 Å². The Kier molecular flexibility index (Phi) is 6.24. The second kappa shape index (κ2) is 8.24. The van der Waals surface area contributed by atoms with Crippen LogP contribution in [0.2, 0.25) is 0 Å². The Bertz CT molecular complexity index is 931. The van der Waals surface area contributed by atoms with E-state index in [-0.39, 0.29) is 24.1 Å². The van der Waals surface area contributed by atoms with E-state index in [0.717, 1.165) is 11.3 Å². The summed E-state index contributed by atoms with van der Waals surface area (Å²) in [5.74, 6) is -0.289. The first kappa shape index (κ1) is 20.5. The van der Waals surface area contributed by atoms with Gasteiger partial charge in [0.2, 0.25) is 0 Å². The smallest absolute Gasteiger partial charge is 0.273 e. The summed E-state index contributed by atoms with van der Waals surface area (Å²) in [7, 11) is 3.70. The highest BCUT2D eigenvalue weighted by atomic mass is 35.5. The summed E-state index contributed by atoms with van der Waals surface area (Å²) in [6, 6.07) is 0. The third-order valence-electron chi connectivity index (χ3n) is 4.08. The highest BCUT2D eigenvalue weighted by molar-refractivity contribution is 6.32. The number of nitrogens with zero attached hydrogens (tertiary/aromatic N) is 4. The number of halogens is 1. The zero-order valence-corrected chi connectivity index (χ0v) is 16.3. The molecule has 27 heavy (non-hydrogen) atoms. The third-order valence-corrected chi connectivity index (χ3v) is 4.08. The number of aromatic amines is 1. The predicted octanol–water partition coefficient (Wildman–Crippen LogP) is 1.51. The fourth-order valence-corrected chi connectivity index (χ4v) is 2.93. The fourth-order valence-electron chi connectivity index (χ4n) is 2.93. The number of aryl methyl sites for hydroxylation is 1. The van der Waals surface area contributed by atoms with Gasteiger partial charge >= 0.3 is 0 Å². The number of likely N-dealkylation sites (N-methyl/N-ethyl adjacent to an activating group) is 1. The first-order valence-electron chi connectivity index (χ1n) is 8.12. The molecule has 0 aromatic carbocycles. The lowest BCUT2D eigenvalue weighted by Crippen LogP contribution is -2.22. The highest BCUT2D eigenvalue weighted by Gasteiger charge is 2.26. The molecule has 0 saturated carbocycles. The molecule has 3 rings (SSSR count). The molecule has 0 atom stereocenters. The number of nitrogens with one attached hydrogen (secondary N) is 2. The summed E-state index contributed by atoms with van der Waals surface area (Å²) in [4.78, 5) is 38.0. The second-order valence-electron chi connectivity index (χ2n) is 6.37. The Morgan fingerprint density at radius 2 is 2.00 bits per heavy atom.